The Kier molecular flexibility index (Phi) is 7.00. The lowest BCUT2D eigenvalue weighted by Gasteiger charge is -2.20. The summed E-state index contributed by atoms with van der Waals surface area (Å²) in [7, 11) is 0. The molecule has 0 aliphatic carbocycles. The van der Waals surface area contributed by atoms with Crippen LogP contribution < -0.4 is 5.32 Å². The third-order valence-corrected chi connectivity index (χ3v) is 4.36. The van der Waals surface area contributed by atoms with E-state index in [1.807, 2.05) is 42.5 Å². The molecule has 0 spiro atoms. The minimum Gasteiger partial charge on any atom is -0.334 e. The van der Waals surface area contributed by atoms with Crippen molar-refractivity contribution >= 4 is 33.4 Å². The number of carbonyl (C=O) groups is 2. The quantitative estimate of drug-likeness (QED) is 0.782. The van der Waals surface area contributed by atoms with Gasteiger partial charge < -0.3 is 10.2 Å². The lowest BCUT2D eigenvalue weighted by molar-refractivity contribution is -0.132. The Balaban J connectivity index is 1.85. The number of benzene rings is 2. The summed E-state index contributed by atoms with van der Waals surface area (Å²) >= 11 is 3.39. The molecule has 0 bridgehead atoms. The third kappa shape index (κ3) is 5.81. The Hall–Kier alpha value is -2.14. The number of halogens is 1. The number of para-hydroxylation sites is 1. The minimum atomic E-state index is -0.197. The van der Waals surface area contributed by atoms with E-state index >= 15 is 0 Å². The summed E-state index contributed by atoms with van der Waals surface area (Å²) in [6, 6.07) is 17.5. The number of hydrogen-bond acceptors (Lipinski definition) is 2. The topological polar surface area (TPSA) is 49.4 Å². The zero-order valence-corrected chi connectivity index (χ0v) is 15.3. The van der Waals surface area contributed by atoms with Gasteiger partial charge in [-0.25, -0.2) is 0 Å². The average Bonchev–Trinajstić information content (AvgIpc) is 2.57. The molecule has 0 saturated heterocycles. The SMILES string of the molecule is CC(=O)N(CCCc1ccccc1)CC(=O)Nc1ccccc1Br. The summed E-state index contributed by atoms with van der Waals surface area (Å²) in [5.41, 5.74) is 1.94. The van der Waals surface area contributed by atoms with Gasteiger partial charge >= 0.3 is 0 Å². The highest BCUT2D eigenvalue weighted by Gasteiger charge is 2.14. The first-order valence-electron chi connectivity index (χ1n) is 7.90. The number of aryl methyl sites for hydroxylation is 1. The number of hydrogen-bond donors (Lipinski definition) is 1. The van der Waals surface area contributed by atoms with E-state index in [1.54, 1.807) is 4.90 Å². The van der Waals surface area contributed by atoms with Crippen molar-refractivity contribution in [1.29, 1.82) is 0 Å². The van der Waals surface area contributed by atoms with Gasteiger partial charge in [-0.1, -0.05) is 42.5 Å². The lowest BCUT2D eigenvalue weighted by atomic mass is 10.1. The molecule has 5 heteroatoms. The van der Waals surface area contributed by atoms with Crippen molar-refractivity contribution in [2.45, 2.75) is 19.8 Å². The Bertz CT molecular complexity index is 689. The van der Waals surface area contributed by atoms with E-state index in [1.165, 1.54) is 12.5 Å². The number of amides is 2. The van der Waals surface area contributed by atoms with E-state index in [2.05, 4.69) is 33.4 Å². The van der Waals surface area contributed by atoms with Crippen molar-refractivity contribution in [3.63, 3.8) is 0 Å². The van der Waals surface area contributed by atoms with Gasteiger partial charge in [0.25, 0.3) is 0 Å². The number of anilines is 1. The molecule has 0 radical (unpaired) electrons. The summed E-state index contributed by atoms with van der Waals surface area (Å²) in [4.78, 5) is 25.5. The summed E-state index contributed by atoms with van der Waals surface area (Å²) in [6.07, 6.45) is 1.71. The molecule has 0 aliphatic heterocycles. The molecule has 0 heterocycles. The standard InChI is InChI=1S/C19H21BrN2O2/c1-15(23)22(13-7-10-16-8-3-2-4-9-16)14-19(24)21-18-12-6-5-11-17(18)20/h2-6,8-9,11-12H,7,10,13-14H2,1H3,(H,21,24). The van der Waals surface area contributed by atoms with E-state index in [4.69, 9.17) is 0 Å². The molecule has 24 heavy (non-hydrogen) atoms. The first kappa shape index (κ1) is 18.2. The predicted molar refractivity (Wildman–Crippen MR) is 99.8 cm³/mol. The van der Waals surface area contributed by atoms with E-state index in [9.17, 15) is 9.59 Å². The monoisotopic (exact) mass is 388 g/mol. The molecule has 2 aromatic carbocycles. The molecule has 2 amide bonds. The number of carbonyl (C=O) groups excluding carboxylic acids is 2. The highest BCUT2D eigenvalue weighted by atomic mass is 79.9. The van der Waals surface area contributed by atoms with Gasteiger partial charge in [-0.2, -0.15) is 0 Å². The second-order valence-corrected chi connectivity index (χ2v) is 6.41. The second-order valence-electron chi connectivity index (χ2n) is 5.56. The van der Waals surface area contributed by atoms with Gasteiger partial charge in [0.15, 0.2) is 0 Å². The largest absolute Gasteiger partial charge is 0.334 e. The molecule has 0 aliphatic rings. The molecule has 1 N–H and O–H groups in total. The van der Waals surface area contributed by atoms with Gasteiger partial charge in [0.2, 0.25) is 11.8 Å². The van der Waals surface area contributed by atoms with Crippen LogP contribution in [0.15, 0.2) is 59.1 Å². The van der Waals surface area contributed by atoms with Crippen LogP contribution in [0.4, 0.5) is 5.69 Å². The Morgan fingerprint density at radius 3 is 2.38 bits per heavy atom. The maximum Gasteiger partial charge on any atom is 0.244 e. The van der Waals surface area contributed by atoms with E-state index < -0.39 is 0 Å². The molecule has 0 saturated carbocycles. The minimum absolute atomic E-state index is 0.0610. The number of nitrogens with one attached hydrogen (secondary N) is 1. The van der Waals surface area contributed by atoms with E-state index in [0.29, 0.717) is 12.2 Å². The molecule has 0 fully saturated rings. The summed E-state index contributed by atoms with van der Waals surface area (Å²) in [6.45, 7) is 2.12. The molecule has 2 aromatic rings. The number of nitrogens with zero attached hydrogens (tertiary/aromatic N) is 1. The van der Waals surface area contributed by atoms with Crippen LogP contribution in [0, 0.1) is 0 Å². The Morgan fingerprint density at radius 2 is 1.71 bits per heavy atom. The predicted octanol–water partition coefficient (Wildman–Crippen LogP) is 3.87. The molecule has 126 valence electrons. The molecular weight excluding hydrogens is 368 g/mol. The highest BCUT2D eigenvalue weighted by molar-refractivity contribution is 9.10. The van der Waals surface area contributed by atoms with Crippen LogP contribution in [0.3, 0.4) is 0 Å². The maximum atomic E-state index is 12.2. The van der Waals surface area contributed by atoms with Gasteiger partial charge in [0.1, 0.15) is 0 Å². The van der Waals surface area contributed by atoms with Crippen LogP contribution in [0.1, 0.15) is 18.9 Å². The second kappa shape index (κ2) is 9.23. The van der Waals surface area contributed by atoms with Crippen molar-refractivity contribution in [3.05, 3.63) is 64.6 Å². The van der Waals surface area contributed by atoms with Gasteiger partial charge in [-0.05, 0) is 46.5 Å². The van der Waals surface area contributed by atoms with E-state index in [0.717, 1.165) is 17.3 Å². The van der Waals surface area contributed by atoms with Crippen LogP contribution in [0.5, 0.6) is 0 Å². The van der Waals surface area contributed by atoms with Crippen LogP contribution in [-0.4, -0.2) is 29.8 Å². The van der Waals surface area contributed by atoms with Crippen molar-refractivity contribution < 1.29 is 9.59 Å². The van der Waals surface area contributed by atoms with Crippen LogP contribution in [-0.2, 0) is 16.0 Å². The zero-order valence-electron chi connectivity index (χ0n) is 13.7. The molecule has 0 aromatic heterocycles. The van der Waals surface area contributed by atoms with Gasteiger partial charge in [0.05, 0.1) is 12.2 Å². The van der Waals surface area contributed by atoms with Crippen molar-refractivity contribution in [2.75, 3.05) is 18.4 Å². The highest BCUT2D eigenvalue weighted by Crippen LogP contribution is 2.21. The summed E-state index contributed by atoms with van der Waals surface area (Å²) < 4.78 is 0.816. The normalized spacial score (nSPS) is 10.2. The molecule has 2 rings (SSSR count). The fourth-order valence-electron chi connectivity index (χ4n) is 2.39. The van der Waals surface area contributed by atoms with Crippen molar-refractivity contribution in [3.8, 4) is 0 Å². The fourth-order valence-corrected chi connectivity index (χ4v) is 2.78. The first-order valence-corrected chi connectivity index (χ1v) is 8.69. The molecule has 4 nitrogen and oxygen atoms in total. The molecular formula is C19H21BrN2O2. The first-order chi connectivity index (χ1) is 11.6. The summed E-state index contributed by atoms with van der Waals surface area (Å²) in [5, 5.41) is 2.82. The van der Waals surface area contributed by atoms with Crippen LogP contribution in [0.25, 0.3) is 0 Å². The summed E-state index contributed by atoms with van der Waals surface area (Å²) in [5.74, 6) is -0.290. The third-order valence-electron chi connectivity index (χ3n) is 3.66. The molecule has 0 unspecified atom stereocenters. The van der Waals surface area contributed by atoms with Crippen LogP contribution >= 0.6 is 15.9 Å². The Labute approximate surface area is 151 Å². The number of rotatable bonds is 7. The molecule has 0 atom stereocenters. The smallest absolute Gasteiger partial charge is 0.244 e. The van der Waals surface area contributed by atoms with Gasteiger partial charge in [-0.3, -0.25) is 9.59 Å². The van der Waals surface area contributed by atoms with E-state index in [-0.39, 0.29) is 18.4 Å². The zero-order chi connectivity index (χ0) is 17.4. The van der Waals surface area contributed by atoms with Crippen molar-refractivity contribution in [1.82, 2.24) is 4.90 Å². The van der Waals surface area contributed by atoms with Crippen LogP contribution in [0.2, 0.25) is 0 Å². The average molecular weight is 389 g/mol. The van der Waals surface area contributed by atoms with Gasteiger partial charge in [0, 0.05) is 17.9 Å². The fraction of sp³-hybridized carbons (Fsp3) is 0.263. The maximum absolute atomic E-state index is 12.2. The van der Waals surface area contributed by atoms with Crippen molar-refractivity contribution in [2.24, 2.45) is 0 Å². The Morgan fingerprint density at radius 1 is 1.04 bits per heavy atom. The van der Waals surface area contributed by atoms with Gasteiger partial charge in [-0.15, -0.1) is 0 Å². The lowest BCUT2D eigenvalue weighted by Crippen LogP contribution is -2.37.